The number of benzene rings is 2. The fourth-order valence-electron chi connectivity index (χ4n) is 7.11. The number of rotatable bonds is 3. The minimum Gasteiger partial charge on any atom is -0.487 e. The highest BCUT2D eigenvalue weighted by Gasteiger charge is 2.72. The van der Waals surface area contributed by atoms with Crippen molar-refractivity contribution in [3.8, 4) is 5.75 Å². The van der Waals surface area contributed by atoms with Gasteiger partial charge in [-0.3, -0.25) is 4.79 Å². The first kappa shape index (κ1) is 20.0. The molecule has 0 unspecified atom stereocenters. The van der Waals surface area contributed by atoms with Crippen LogP contribution in [-0.2, 0) is 16.6 Å². The van der Waals surface area contributed by atoms with Gasteiger partial charge in [0.05, 0.1) is 17.1 Å². The van der Waals surface area contributed by atoms with Crippen molar-refractivity contribution in [3.05, 3.63) is 71.3 Å². The van der Waals surface area contributed by atoms with Crippen molar-refractivity contribution in [2.75, 3.05) is 20.6 Å². The summed E-state index contributed by atoms with van der Waals surface area (Å²) in [6.07, 6.45) is 6.41. The monoisotopic (exact) mass is 430 g/mol. The first-order valence-corrected chi connectivity index (χ1v) is 11.7. The lowest BCUT2D eigenvalue weighted by Crippen LogP contribution is -2.77. The van der Waals surface area contributed by atoms with Gasteiger partial charge in [-0.1, -0.05) is 42.5 Å². The summed E-state index contributed by atoms with van der Waals surface area (Å²) in [7, 11) is 4.01. The van der Waals surface area contributed by atoms with Crippen LogP contribution in [0, 0.1) is 0 Å². The first-order valence-electron chi connectivity index (χ1n) is 11.7. The Morgan fingerprint density at radius 1 is 1.19 bits per heavy atom. The molecule has 32 heavy (non-hydrogen) atoms. The van der Waals surface area contributed by atoms with E-state index in [0.717, 1.165) is 37.1 Å². The van der Waals surface area contributed by atoms with Gasteiger partial charge in [-0.2, -0.15) is 0 Å². The lowest BCUT2D eigenvalue weighted by Gasteiger charge is -2.64. The average Bonchev–Trinajstić information content (AvgIpc) is 3.15. The van der Waals surface area contributed by atoms with Crippen LogP contribution in [0.3, 0.4) is 0 Å². The summed E-state index contributed by atoms with van der Waals surface area (Å²) in [5, 5.41) is 12.2. The van der Waals surface area contributed by atoms with Gasteiger partial charge in [0.2, 0.25) is 5.91 Å². The SMILES string of the molecule is CN1CC[C@]23c4c5cccc4O[C@H]2[C@@H](N(C)C(=O)C=Cc2ccccc2)CC[C@@]3(O)[C@H]1C5. The molecule has 0 radical (unpaired) electrons. The largest absolute Gasteiger partial charge is 0.487 e. The van der Waals surface area contributed by atoms with Crippen LogP contribution in [0.2, 0.25) is 0 Å². The van der Waals surface area contributed by atoms with Crippen molar-refractivity contribution in [2.45, 2.75) is 54.9 Å². The van der Waals surface area contributed by atoms with Gasteiger partial charge >= 0.3 is 0 Å². The highest BCUT2D eigenvalue weighted by molar-refractivity contribution is 5.92. The van der Waals surface area contributed by atoms with E-state index in [9.17, 15) is 9.90 Å². The van der Waals surface area contributed by atoms with Crippen LogP contribution in [-0.4, -0.2) is 65.2 Å². The average molecular weight is 431 g/mol. The number of likely N-dealkylation sites (tertiary alicyclic amines) is 1. The highest BCUT2D eigenvalue weighted by atomic mass is 16.5. The standard InChI is InChI=1S/C27H30N2O3/c1-28-16-15-26-24-19-9-6-10-21(24)32-25(26)20(13-14-27(26,31)22(28)17-19)29(2)23(30)12-11-18-7-4-3-5-8-18/h3-12,20,22,25,31H,13-17H2,1-2H3/t20-,22+,25-,26-,27+/m0/s1. The number of aliphatic hydroxyl groups is 1. The normalized spacial score (nSPS) is 34.8. The summed E-state index contributed by atoms with van der Waals surface area (Å²) in [5.41, 5.74) is 2.23. The second-order valence-corrected chi connectivity index (χ2v) is 9.97. The fraction of sp³-hybridized carbons (Fsp3) is 0.444. The van der Waals surface area contributed by atoms with Gasteiger partial charge in [0.1, 0.15) is 11.9 Å². The van der Waals surface area contributed by atoms with Crippen LogP contribution < -0.4 is 4.74 Å². The summed E-state index contributed by atoms with van der Waals surface area (Å²) < 4.78 is 6.63. The quantitative estimate of drug-likeness (QED) is 0.761. The topological polar surface area (TPSA) is 53.0 Å². The molecule has 5 atom stereocenters. The molecule has 2 aromatic rings. The van der Waals surface area contributed by atoms with Gasteiger partial charge in [-0.05, 0) is 62.5 Å². The Hall–Kier alpha value is -2.63. The van der Waals surface area contributed by atoms with Crippen LogP contribution >= 0.6 is 0 Å². The Morgan fingerprint density at radius 3 is 2.81 bits per heavy atom. The third-order valence-electron chi connectivity index (χ3n) is 8.66. The molecule has 1 spiro atoms. The molecule has 0 aromatic heterocycles. The molecule has 2 aromatic carbocycles. The van der Waals surface area contributed by atoms with Crippen molar-refractivity contribution < 1.29 is 14.6 Å². The molecule has 5 nitrogen and oxygen atoms in total. The van der Waals surface area contributed by atoms with E-state index in [0.29, 0.717) is 6.42 Å². The number of carbonyl (C=O) groups excluding carboxylic acids is 1. The maximum absolute atomic E-state index is 13.2. The molecule has 4 aliphatic rings. The van der Waals surface area contributed by atoms with Crippen LogP contribution in [0.4, 0.5) is 0 Å². The summed E-state index contributed by atoms with van der Waals surface area (Å²) in [6.45, 7) is 0.929. The maximum Gasteiger partial charge on any atom is 0.246 e. The molecule has 6 rings (SSSR count). The van der Waals surface area contributed by atoms with Gasteiger partial charge in [0.25, 0.3) is 0 Å². The van der Waals surface area contributed by atoms with E-state index in [1.54, 1.807) is 6.08 Å². The number of hydrogen-bond acceptors (Lipinski definition) is 4. The number of ether oxygens (including phenoxy) is 1. The smallest absolute Gasteiger partial charge is 0.246 e. The van der Waals surface area contributed by atoms with Gasteiger partial charge in [0.15, 0.2) is 0 Å². The Labute approximate surface area is 189 Å². The minimum absolute atomic E-state index is 0.0271. The molecular formula is C27H30N2O3. The third kappa shape index (κ3) is 2.49. The summed E-state index contributed by atoms with van der Waals surface area (Å²) in [4.78, 5) is 17.3. The van der Waals surface area contributed by atoms with Crippen molar-refractivity contribution in [2.24, 2.45) is 0 Å². The van der Waals surface area contributed by atoms with Crippen LogP contribution in [0.5, 0.6) is 5.75 Å². The molecule has 2 fully saturated rings. The Kier molecular flexibility index (Phi) is 4.33. The minimum atomic E-state index is -0.829. The first-order chi connectivity index (χ1) is 15.5. The number of hydrogen-bond donors (Lipinski definition) is 1. The second-order valence-electron chi connectivity index (χ2n) is 9.97. The van der Waals surface area contributed by atoms with Crippen molar-refractivity contribution >= 4 is 12.0 Å². The van der Waals surface area contributed by atoms with E-state index in [4.69, 9.17) is 4.74 Å². The van der Waals surface area contributed by atoms with Crippen LogP contribution in [0.25, 0.3) is 6.08 Å². The lowest BCUT2D eigenvalue weighted by atomic mass is 9.48. The highest BCUT2D eigenvalue weighted by Crippen LogP contribution is 2.64. The zero-order chi connectivity index (χ0) is 22.1. The maximum atomic E-state index is 13.2. The van der Waals surface area contributed by atoms with E-state index in [1.165, 1.54) is 11.1 Å². The molecule has 5 heteroatoms. The predicted octanol–water partition coefficient (Wildman–Crippen LogP) is 3.01. The summed E-state index contributed by atoms with van der Waals surface area (Å²) >= 11 is 0. The van der Waals surface area contributed by atoms with E-state index in [1.807, 2.05) is 54.4 Å². The molecule has 166 valence electrons. The van der Waals surface area contributed by atoms with Crippen LogP contribution in [0.1, 0.15) is 36.0 Å². The van der Waals surface area contributed by atoms with E-state index in [2.05, 4.69) is 24.1 Å². The molecule has 1 saturated heterocycles. The summed E-state index contributed by atoms with van der Waals surface area (Å²) in [5.74, 6) is 0.877. The van der Waals surface area contributed by atoms with Crippen molar-refractivity contribution in [3.63, 3.8) is 0 Å². The molecule has 2 bridgehead atoms. The van der Waals surface area contributed by atoms with E-state index >= 15 is 0 Å². The van der Waals surface area contributed by atoms with E-state index < -0.39 is 11.0 Å². The Bertz CT molecular complexity index is 1100. The molecular weight excluding hydrogens is 400 g/mol. The van der Waals surface area contributed by atoms with E-state index in [-0.39, 0.29) is 24.1 Å². The van der Waals surface area contributed by atoms with Crippen molar-refractivity contribution in [1.29, 1.82) is 0 Å². The van der Waals surface area contributed by atoms with Crippen molar-refractivity contribution in [1.82, 2.24) is 9.80 Å². The molecule has 2 aliphatic carbocycles. The molecule has 2 heterocycles. The molecule has 1 saturated carbocycles. The van der Waals surface area contributed by atoms with Gasteiger partial charge in [-0.15, -0.1) is 0 Å². The number of amides is 1. The number of likely N-dealkylation sites (N-methyl/N-ethyl adjacent to an activating group) is 2. The molecule has 1 N–H and O–H groups in total. The summed E-state index contributed by atoms with van der Waals surface area (Å²) in [6, 6.07) is 16.2. The lowest BCUT2D eigenvalue weighted by molar-refractivity contribution is -0.195. The predicted molar refractivity (Wildman–Crippen MR) is 123 cm³/mol. The number of piperidine rings is 1. The van der Waals surface area contributed by atoms with Crippen LogP contribution in [0.15, 0.2) is 54.6 Å². The van der Waals surface area contributed by atoms with Gasteiger partial charge < -0.3 is 19.6 Å². The third-order valence-corrected chi connectivity index (χ3v) is 8.66. The zero-order valence-corrected chi connectivity index (χ0v) is 18.7. The number of nitrogens with zero attached hydrogens (tertiary/aromatic N) is 2. The Morgan fingerprint density at radius 2 is 2.00 bits per heavy atom. The fourth-order valence-corrected chi connectivity index (χ4v) is 7.11. The van der Waals surface area contributed by atoms with Gasteiger partial charge in [0, 0.05) is 24.7 Å². The second kappa shape index (κ2) is 6.93. The van der Waals surface area contributed by atoms with Gasteiger partial charge in [-0.25, -0.2) is 0 Å². The molecule has 2 aliphatic heterocycles. The molecule has 1 amide bonds. The Balaban J connectivity index is 1.37. The zero-order valence-electron chi connectivity index (χ0n) is 18.7. The number of carbonyl (C=O) groups is 1.